The van der Waals surface area contributed by atoms with Crippen molar-refractivity contribution in [1.29, 1.82) is 0 Å². The van der Waals surface area contributed by atoms with Gasteiger partial charge in [0.25, 0.3) is 0 Å². The zero-order valence-corrected chi connectivity index (χ0v) is 16.9. The fourth-order valence-corrected chi connectivity index (χ4v) is 3.59. The molecular weight excluding hydrogens is 414 g/mol. The monoisotopic (exact) mass is 433 g/mol. The molecule has 0 aliphatic rings. The van der Waals surface area contributed by atoms with Crippen molar-refractivity contribution >= 4 is 32.7 Å². The second-order valence-corrected chi connectivity index (χ2v) is 7.44. The number of aliphatic hydroxyl groups excluding tert-OH is 1. The van der Waals surface area contributed by atoms with Gasteiger partial charge in [0, 0.05) is 28.5 Å². The highest BCUT2D eigenvalue weighted by Crippen LogP contribution is 2.30. The maximum absolute atomic E-state index is 9.69. The van der Waals surface area contributed by atoms with Crippen molar-refractivity contribution in [2.24, 2.45) is 0 Å². The zero-order chi connectivity index (χ0) is 19.3. The van der Waals surface area contributed by atoms with E-state index in [1.165, 1.54) is 5.56 Å². The molecule has 1 heterocycles. The summed E-state index contributed by atoms with van der Waals surface area (Å²) in [5.74, 6) is 1.50. The van der Waals surface area contributed by atoms with Crippen LogP contribution in [-0.4, -0.2) is 28.2 Å². The molecule has 4 rings (SSSR count). The summed E-state index contributed by atoms with van der Waals surface area (Å²) in [5, 5.41) is 10.7. The van der Waals surface area contributed by atoms with Gasteiger partial charge in [-0.15, -0.1) is 0 Å². The van der Waals surface area contributed by atoms with Crippen LogP contribution >= 0.6 is 15.9 Å². The van der Waals surface area contributed by atoms with Crippen LogP contribution in [0.1, 0.15) is 5.56 Å². The van der Waals surface area contributed by atoms with Crippen LogP contribution in [0.3, 0.4) is 0 Å². The lowest BCUT2D eigenvalue weighted by atomic mass is 10.1. The lowest BCUT2D eigenvalue weighted by Crippen LogP contribution is -2.27. The number of nitrogens with zero attached hydrogens (tertiary/aromatic N) is 3. The van der Waals surface area contributed by atoms with Gasteiger partial charge in [0.2, 0.25) is 0 Å². The number of hydrogen-bond acceptors (Lipinski definition) is 4. The van der Waals surface area contributed by atoms with Gasteiger partial charge >= 0.3 is 0 Å². The first kappa shape index (κ1) is 18.6. The van der Waals surface area contributed by atoms with Crippen molar-refractivity contribution in [3.8, 4) is 11.4 Å². The Morgan fingerprint density at radius 2 is 1.57 bits per heavy atom. The first-order valence-electron chi connectivity index (χ1n) is 9.17. The Kier molecular flexibility index (Phi) is 5.65. The summed E-state index contributed by atoms with van der Waals surface area (Å²) in [6.07, 6.45) is 0. The first-order chi connectivity index (χ1) is 13.7. The predicted octanol–water partition coefficient (Wildman–Crippen LogP) is 5.06. The molecule has 1 N–H and O–H groups in total. The molecule has 3 aromatic carbocycles. The molecule has 140 valence electrons. The summed E-state index contributed by atoms with van der Waals surface area (Å²) in [7, 11) is 0. The molecule has 0 saturated carbocycles. The number of anilines is 1. The Labute approximate surface area is 172 Å². The van der Waals surface area contributed by atoms with Gasteiger partial charge in [0.1, 0.15) is 5.82 Å². The summed E-state index contributed by atoms with van der Waals surface area (Å²) in [5.41, 5.74) is 3.01. The second kappa shape index (κ2) is 8.50. The molecule has 0 radical (unpaired) electrons. The first-order valence-corrected chi connectivity index (χ1v) is 9.96. The van der Waals surface area contributed by atoms with Gasteiger partial charge in [-0.3, -0.25) is 0 Å². The molecule has 4 nitrogen and oxygen atoms in total. The van der Waals surface area contributed by atoms with E-state index in [0.717, 1.165) is 26.8 Å². The van der Waals surface area contributed by atoms with E-state index in [4.69, 9.17) is 9.97 Å². The molecule has 0 saturated heterocycles. The summed E-state index contributed by atoms with van der Waals surface area (Å²) in [6, 6.07) is 26.2. The molecule has 0 aliphatic heterocycles. The number of aliphatic hydroxyl groups is 1. The van der Waals surface area contributed by atoms with Crippen LogP contribution in [0.4, 0.5) is 5.82 Å². The van der Waals surface area contributed by atoms with Crippen molar-refractivity contribution < 1.29 is 5.11 Å². The average Bonchev–Trinajstić information content (AvgIpc) is 2.74. The number of benzene rings is 3. The number of aromatic nitrogens is 2. The number of hydrogen-bond donors (Lipinski definition) is 1. The topological polar surface area (TPSA) is 49.2 Å². The van der Waals surface area contributed by atoms with Crippen LogP contribution in [0, 0.1) is 0 Å². The van der Waals surface area contributed by atoms with Crippen LogP contribution in [0.2, 0.25) is 0 Å². The van der Waals surface area contributed by atoms with Gasteiger partial charge in [-0.05, 0) is 23.8 Å². The maximum atomic E-state index is 9.69. The Morgan fingerprint density at radius 3 is 2.29 bits per heavy atom. The van der Waals surface area contributed by atoms with Crippen molar-refractivity contribution in [3.05, 3.63) is 88.9 Å². The van der Waals surface area contributed by atoms with Crippen molar-refractivity contribution in [2.75, 3.05) is 18.1 Å². The number of rotatable bonds is 6. The average molecular weight is 434 g/mol. The van der Waals surface area contributed by atoms with E-state index in [-0.39, 0.29) is 6.61 Å². The van der Waals surface area contributed by atoms with E-state index in [1.54, 1.807) is 0 Å². The minimum Gasteiger partial charge on any atom is -0.395 e. The highest BCUT2D eigenvalue weighted by atomic mass is 79.9. The molecule has 0 aliphatic carbocycles. The number of fused-ring (bicyclic) bond motifs is 1. The van der Waals surface area contributed by atoms with Crippen LogP contribution in [0.15, 0.2) is 83.3 Å². The van der Waals surface area contributed by atoms with Crippen molar-refractivity contribution in [2.45, 2.75) is 6.54 Å². The minimum absolute atomic E-state index is 0.0486. The third-order valence-corrected chi connectivity index (χ3v) is 5.05. The minimum atomic E-state index is 0.0486. The zero-order valence-electron chi connectivity index (χ0n) is 15.3. The molecular formula is C23H20BrN3O. The smallest absolute Gasteiger partial charge is 0.162 e. The molecule has 0 atom stereocenters. The summed E-state index contributed by atoms with van der Waals surface area (Å²) < 4.78 is 0.973. The lowest BCUT2D eigenvalue weighted by Gasteiger charge is -2.25. The van der Waals surface area contributed by atoms with Crippen molar-refractivity contribution in [1.82, 2.24) is 9.97 Å². The third kappa shape index (κ3) is 4.06. The Hall–Kier alpha value is -2.76. The summed E-state index contributed by atoms with van der Waals surface area (Å²) in [4.78, 5) is 11.8. The highest BCUT2D eigenvalue weighted by molar-refractivity contribution is 9.10. The fourth-order valence-electron chi connectivity index (χ4n) is 3.23. The standard InChI is InChI=1S/C23H20BrN3O/c24-19-11-12-21-20(15-19)23(26-22(25-21)18-9-5-2-6-10-18)27(13-14-28)16-17-7-3-1-4-8-17/h1-12,15,28H,13-14,16H2. The van der Waals surface area contributed by atoms with E-state index >= 15 is 0 Å². The Bertz CT molecular complexity index is 1070. The maximum Gasteiger partial charge on any atom is 0.162 e. The largest absolute Gasteiger partial charge is 0.395 e. The van der Waals surface area contributed by atoms with Crippen LogP contribution in [0.5, 0.6) is 0 Å². The SMILES string of the molecule is OCCN(Cc1ccccc1)c1nc(-c2ccccc2)nc2ccc(Br)cc12. The second-order valence-electron chi connectivity index (χ2n) is 6.53. The molecule has 0 bridgehead atoms. The molecule has 4 aromatic rings. The molecule has 0 spiro atoms. The Morgan fingerprint density at radius 1 is 0.857 bits per heavy atom. The lowest BCUT2D eigenvalue weighted by molar-refractivity contribution is 0.301. The molecule has 28 heavy (non-hydrogen) atoms. The van der Waals surface area contributed by atoms with Crippen LogP contribution < -0.4 is 4.90 Å². The molecule has 0 fully saturated rings. The van der Waals surface area contributed by atoms with Gasteiger partial charge in [-0.2, -0.15) is 0 Å². The van der Waals surface area contributed by atoms with E-state index in [9.17, 15) is 5.11 Å². The normalized spacial score (nSPS) is 10.9. The van der Waals surface area contributed by atoms with Gasteiger partial charge in [-0.25, -0.2) is 9.97 Å². The van der Waals surface area contributed by atoms with Gasteiger partial charge in [0.05, 0.1) is 12.1 Å². The molecule has 0 unspecified atom stereocenters. The quantitative estimate of drug-likeness (QED) is 0.461. The highest BCUT2D eigenvalue weighted by Gasteiger charge is 2.16. The van der Waals surface area contributed by atoms with E-state index < -0.39 is 0 Å². The van der Waals surface area contributed by atoms with Gasteiger partial charge in [0.15, 0.2) is 5.82 Å². The van der Waals surface area contributed by atoms with E-state index in [2.05, 4.69) is 33.0 Å². The summed E-state index contributed by atoms with van der Waals surface area (Å²) in [6.45, 7) is 1.20. The van der Waals surface area contributed by atoms with Gasteiger partial charge < -0.3 is 10.0 Å². The summed E-state index contributed by atoms with van der Waals surface area (Å²) >= 11 is 3.56. The molecule has 5 heteroatoms. The van der Waals surface area contributed by atoms with Crippen molar-refractivity contribution in [3.63, 3.8) is 0 Å². The van der Waals surface area contributed by atoms with Crippen LogP contribution in [0.25, 0.3) is 22.3 Å². The van der Waals surface area contributed by atoms with Crippen LogP contribution in [-0.2, 0) is 6.54 Å². The Balaban J connectivity index is 1.87. The van der Waals surface area contributed by atoms with E-state index in [0.29, 0.717) is 18.9 Å². The number of halogens is 1. The van der Waals surface area contributed by atoms with E-state index in [1.807, 2.05) is 66.7 Å². The fraction of sp³-hybridized carbons (Fsp3) is 0.130. The molecule has 1 aromatic heterocycles. The third-order valence-electron chi connectivity index (χ3n) is 4.56. The van der Waals surface area contributed by atoms with Gasteiger partial charge in [-0.1, -0.05) is 76.6 Å². The predicted molar refractivity (Wildman–Crippen MR) is 117 cm³/mol. The molecule has 0 amide bonds.